The zero-order chi connectivity index (χ0) is 14.2. The van der Waals surface area contributed by atoms with Crippen LogP contribution in [0.1, 0.15) is 5.69 Å². The lowest BCUT2D eigenvalue weighted by molar-refractivity contribution is -0.391. The number of hydrogen-bond acceptors (Lipinski definition) is 5. The van der Waals surface area contributed by atoms with Gasteiger partial charge in [0.15, 0.2) is 5.69 Å². The number of aryl methyl sites for hydroxylation is 1. The highest BCUT2D eigenvalue weighted by Crippen LogP contribution is 2.20. The summed E-state index contributed by atoms with van der Waals surface area (Å²) in [6.45, 7) is 1.61. The van der Waals surface area contributed by atoms with Crippen molar-refractivity contribution >= 4 is 15.9 Å². The van der Waals surface area contributed by atoms with E-state index in [4.69, 9.17) is 4.55 Å². The van der Waals surface area contributed by atoms with E-state index in [0.29, 0.717) is 11.4 Å². The number of nitrogens with zero attached hydrogens (tertiary/aromatic N) is 3. The molecule has 9 heteroatoms. The molecule has 19 heavy (non-hydrogen) atoms. The second-order valence-corrected chi connectivity index (χ2v) is 5.20. The predicted octanol–water partition coefficient (Wildman–Crippen LogP) is 1.34. The molecule has 0 saturated heterocycles. The van der Waals surface area contributed by atoms with E-state index in [-0.39, 0.29) is 10.7 Å². The molecule has 2 rings (SSSR count). The third-order valence-corrected chi connectivity index (χ3v) is 3.25. The highest BCUT2D eigenvalue weighted by molar-refractivity contribution is 7.85. The van der Waals surface area contributed by atoms with Crippen molar-refractivity contribution < 1.29 is 17.9 Å². The number of benzene rings is 1. The summed E-state index contributed by atoms with van der Waals surface area (Å²) in [5, 5.41) is 14.8. The number of nitro groups is 1. The standard InChI is InChI=1S/C10H9N3O5S/c1-7-6-10(13(14)15)12(11-7)8-2-4-9(5-3-8)19(16,17)18/h2-6H,1H3,(H,16,17,18). The maximum Gasteiger partial charge on any atom is 0.350 e. The molecule has 0 fully saturated rings. The van der Waals surface area contributed by atoms with Crippen LogP contribution >= 0.6 is 0 Å². The minimum absolute atomic E-state index is 0.225. The summed E-state index contributed by atoms with van der Waals surface area (Å²) < 4.78 is 31.7. The predicted molar refractivity (Wildman–Crippen MR) is 64.8 cm³/mol. The highest BCUT2D eigenvalue weighted by Gasteiger charge is 2.19. The van der Waals surface area contributed by atoms with Crippen molar-refractivity contribution in [3.8, 4) is 5.69 Å². The summed E-state index contributed by atoms with van der Waals surface area (Å²) >= 11 is 0. The molecule has 1 N–H and O–H groups in total. The Labute approximate surface area is 108 Å². The average Bonchev–Trinajstić information content (AvgIpc) is 2.70. The largest absolute Gasteiger partial charge is 0.358 e. The zero-order valence-corrected chi connectivity index (χ0v) is 10.5. The lowest BCUT2D eigenvalue weighted by Gasteiger charge is -2.00. The first kappa shape index (κ1) is 13.2. The van der Waals surface area contributed by atoms with Crippen molar-refractivity contribution in [3.63, 3.8) is 0 Å². The average molecular weight is 283 g/mol. The highest BCUT2D eigenvalue weighted by atomic mass is 32.2. The molecular formula is C10H9N3O5S. The van der Waals surface area contributed by atoms with E-state index >= 15 is 0 Å². The van der Waals surface area contributed by atoms with Gasteiger partial charge in [-0.05, 0) is 36.1 Å². The lowest BCUT2D eigenvalue weighted by atomic mass is 10.3. The topological polar surface area (TPSA) is 115 Å². The molecule has 0 spiro atoms. The Morgan fingerprint density at radius 3 is 2.37 bits per heavy atom. The van der Waals surface area contributed by atoms with Crippen LogP contribution in [0.25, 0.3) is 5.69 Å². The summed E-state index contributed by atoms with van der Waals surface area (Å²) in [5.74, 6) is -0.225. The van der Waals surface area contributed by atoms with Crippen LogP contribution in [-0.2, 0) is 10.1 Å². The fourth-order valence-corrected chi connectivity index (χ4v) is 2.05. The Morgan fingerprint density at radius 1 is 1.32 bits per heavy atom. The van der Waals surface area contributed by atoms with Crippen LogP contribution in [0.2, 0.25) is 0 Å². The summed E-state index contributed by atoms with van der Waals surface area (Å²) in [4.78, 5) is 9.97. The molecule has 1 aromatic heterocycles. The summed E-state index contributed by atoms with van der Waals surface area (Å²) in [7, 11) is -4.29. The van der Waals surface area contributed by atoms with Crippen LogP contribution in [0.15, 0.2) is 35.2 Å². The minimum Gasteiger partial charge on any atom is -0.358 e. The second-order valence-electron chi connectivity index (χ2n) is 3.78. The van der Waals surface area contributed by atoms with Crippen LogP contribution in [0, 0.1) is 17.0 Å². The molecule has 0 unspecified atom stereocenters. The van der Waals surface area contributed by atoms with Crippen molar-refractivity contribution in [1.82, 2.24) is 9.78 Å². The molecule has 0 saturated carbocycles. The van der Waals surface area contributed by atoms with Gasteiger partial charge in [0.1, 0.15) is 0 Å². The minimum atomic E-state index is -4.29. The first-order valence-corrected chi connectivity index (χ1v) is 6.52. The molecule has 0 aliphatic rings. The molecule has 2 aromatic rings. The lowest BCUT2D eigenvalue weighted by Crippen LogP contribution is -2.03. The van der Waals surface area contributed by atoms with E-state index in [1.807, 2.05) is 0 Å². The summed E-state index contributed by atoms with van der Waals surface area (Å²) in [5.41, 5.74) is 0.790. The Morgan fingerprint density at radius 2 is 1.89 bits per heavy atom. The number of hydrogen-bond donors (Lipinski definition) is 1. The first-order chi connectivity index (χ1) is 8.79. The van der Waals surface area contributed by atoms with Crippen LogP contribution in [0.5, 0.6) is 0 Å². The SMILES string of the molecule is Cc1cc([N+](=O)[O-])n(-c2ccc(S(=O)(=O)O)cc2)n1. The van der Waals surface area contributed by atoms with Gasteiger partial charge in [0, 0.05) is 0 Å². The molecule has 1 aromatic carbocycles. The van der Waals surface area contributed by atoms with E-state index in [9.17, 15) is 18.5 Å². The third-order valence-electron chi connectivity index (χ3n) is 2.38. The monoisotopic (exact) mass is 283 g/mol. The fraction of sp³-hybridized carbons (Fsp3) is 0.100. The summed E-state index contributed by atoms with van der Waals surface area (Å²) in [6.07, 6.45) is 0. The van der Waals surface area contributed by atoms with Crippen molar-refractivity contribution in [1.29, 1.82) is 0 Å². The van der Waals surface area contributed by atoms with Gasteiger partial charge in [-0.15, -0.1) is 0 Å². The zero-order valence-electron chi connectivity index (χ0n) is 9.72. The van der Waals surface area contributed by atoms with Gasteiger partial charge in [0.2, 0.25) is 0 Å². The molecule has 1 heterocycles. The Kier molecular flexibility index (Phi) is 3.08. The molecule has 100 valence electrons. The number of aromatic nitrogens is 2. The van der Waals surface area contributed by atoms with Crippen molar-refractivity contribution in [2.24, 2.45) is 0 Å². The van der Waals surface area contributed by atoms with Gasteiger partial charge in [-0.25, -0.2) is 0 Å². The van der Waals surface area contributed by atoms with Gasteiger partial charge in [-0.1, -0.05) is 9.78 Å². The van der Waals surface area contributed by atoms with Crippen molar-refractivity contribution in [2.45, 2.75) is 11.8 Å². The van der Waals surface area contributed by atoms with Crippen LogP contribution in [0.3, 0.4) is 0 Å². The van der Waals surface area contributed by atoms with Gasteiger partial charge in [0.05, 0.1) is 16.7 Å². The normalized spacial score (nSPS) is 11.5. The summed E-state index contributed by atoms with van der Waals surface area (Å²) in [6, 6.07) is 6.23. The number of rotatable bonds is 3. The molecule has 0 amide bonds. The van der Waals surface area contributed by atoms with Crippen molar-refractivity contribution in [2.75, 3.05) is 0 Å². The van der Waals surface area contributed by atoms with Crippen LogP contribution in [-0.4, -0.2) is 27.7 Å². The molecular weight excluding hydrogens is 274 g/mol. The molecule has 8 nitrogen and oxygen atoms in total. The van der Waals surface area contributed by atoms with E-state index in [2.05, 4.69) is 5.10 Å². The molecule has 0 atom stereocenters. The van der Waals surface area contributed by atoms with E-state index in [1.165, 1.54) is 18.2 Å². The second kappa shape index (κ2) is 4.44. The van der Waals surface area contributed by atoms with Crippen LogP contribution in [0.4, 0.5) is 5.82 Å². The van der Waals surface area contributed by atoms with Gasteiger partial charge in [-0.2, -0.15) is 8.42 Å². The molecule has 0 aliphatic heterocycles. The Balaban J connectivity index is 2.52. The molecule has 0 bridgehead atoms. The quantitative estimate of drug-likeness (QED) is 0.516. The first-order valence-electron chi connectivity index (χ1n) is 5.08. The van der Waals surface area contributed by atoms with Crippen molar-refractivity contribution in [3.05, 3.63) is 46.1 Å². The Hall–Kier alpha value is -2.26. The third kappa shape index (κ3) is 2.61. The van der Waals surface area contributed by atoms with Gasteiger partial charge in [0.25, 0.3) is 10.1 Å². The van der Waals surface area contributed by atoms with Gasteiger partial charge < -0.3 is 10.1 Å². The Bertz CT molecular complexity index is 733. The van der Waals surface area contributed by atoms with E-state index in [1.54, 1.807) is 6.92 Å². The van der Waals surface area contributed by atoms with E-state index < -0.39 is 15.0 Å². The smallest absolute Gasteiger partial charge is 0.350 e. The van der Waals surface area contributed by atoms with Gasteiger partial charge in [-0.3, -0.25) is 4.55 Å². The molecule has 0 radical (unpaired) electrons. The van der Waals surface area contributed by atoms with Gasteiger partial charge >= 0.3 is 5.82 Å². The van der Waals surface area contributed by atoms with Crippen LogP contribution < -0.4 is 0 Å². The maximum atomic E-state index is 10.9. The van der Waals surface area contributed by atoms with E-state index in [0.717, 1.165) is 16.8 Å². The maximum absolute atomic E-state index is 10.9. The fourth-order valence-electron chi connectivity index (χ4n) is 1.57. The molecule has 0 aliphatic carbocycles.